The maximum atomic E-state index is 13.0. The molecule has 0 bridgehead atoms. The summed E-state index contributed by atoms with van der Waals surface area (Å²) in [5, 5.41) is 3.77. The van der Waals surface area contributed by atoms with Gasteiger partial charge >= 0.3 is 0 Å². The molecular formula is C24H27N3O2. The maximum absolute atomic E-state index is 13.0. The van der Waals surface area contributed by atoms with Gasteiger partial charge in [-0.25, -0.2) is 0 Å². The zero-order valence-corrected chi connectivity index (χ0v) is 17.4. The lowest BCUT2D eigenvalue weighted by atomic mass is 10.0. The Kier molecular flexibility index (Phi) is 6.27. The Morgan fingerprint density at radius 1 is 1.00 bits per heavy atom. The zero-order valence-electron chi connectivity index (χ0n) is 17.4. The third kappa shape index (κ3) is 4.45. The van der Waals surface area contributed by atoms with Crippen LogP contribution in [0.15, 0.2) is 54.6 Å². The lowest BCUT2D eigenvalue weighted by Gasteiger charge is -2.18. The molecule has 0 spiro atoms. The van der Waals surface area contributed by atoms with Crippen molar-refractivity contribution < 1.29 is 9.59 Å². The summed E-state index contributed by atoms with van der Waals surface area (Å²) < 4.78 is 0. The second-order valence-electron chi connectivity index (χ2n) is 7.28. The summed E-state index contributed by atoms with van der Waals surface area (Å²) >= 11 is 0. The first-order valence-electron chi connectivity index (χ1n) is 10.0. The average Bonchev–Trinajstić information content (AvgIpc) is 2.74. The molecule has 150 valence electrons. The Balaban J connectivity index is 1.86. The minimum atomic E-state index is -0.187. The number of nitrogens with zero attached hydrogens (tertiary/aromatic N) is 2. The van der Waals surface area contributed by atoms with Gasteiger partial charge in [0.1, 0.15) is 0 Å². The van der Waals surface area contributed by atoms with E-state index in [1.807, 2.05) is 44.2 Å². The monoisotopic (exact) mass is 389 g/mol. The van der Waals surface area contributed by atoms with Gasteiger partial charge < -0.3 is 10.2 Å². The molecule has 0 radical (unpaired) electrons. The molecule has 0 aliphatic carbocycles. The van der Waals surface area contributed by atoms with Crippen molar-refractivity contribution in [1.82, 2.24) is 9.88 Å². The SMILES string of the molecule is CCN(CC)C(=O)c1ccc(NC(=O)c2cc(C(C)C)nc3ccccc23)cc1. The number of rotatable bonds is 6. The molecule has 5 heteroatoms. The molecule has 1 heterocycles. The number of carbonyl (C=O) groups is 2. The summed E-state index contributed by atoms with van der Waals surface area (Å²) in [6.45, 7) is 9.37. The lowest BCUT2D eigenvalue weighted by Crippen LogP contribution is -2.30. The molecule has 0 aliphatic rings. The van der Waals surface area contributed by atoms with Crippen LogP contribution in [0, 0.1) is 0 Å². The standard InChI is InChI=1S/C24H27N3O2/c1-5-27(6-2)24(29)17-11-13-18(14-12-17)25-23(28)20-15-22(16(3)4)26-21-10-8-7-9-19(20)21/h7-16H,5-6H2,1-4H3,(H,25,28). The first-order valence-corrected chi connectivity index (χ1v) is 10.0. The molecule has 0 aliphatic heterocycles. The van der Waals surface area contributed by atoms with Crippen LogP contribution in [-0.4, -0.2) is 34.8 Å². The van der Waals surface area contributed by atoms with E-state index in [-0.39, 0.29) is 17.7 Å². The number of benzene rings is 2. The maximum Gasteiger partial charge on any atom is 0.256 e. The van der Waals surface area contributed by atoms with Gasteiger partial charge in [0.05, 0.1) is 11.1 Å². The van der Waals surface area contributed by atoms with Gasteiger partial charge in [0, 0.05) is 35.4 Å². The van der Waals surface area contributed by atoms with Crippen LogP contribution in [0.25, 0.3) is 10.9 Å². The van der Waals surface area contributed by atoms with Crippen molar-refractivity contribution in [3.8, 4) is 0 Å². The molecule has 1 N–H and O–H groups in total. The Hall–Kier alpha value is -3.21. The first kappa shape index (κ1) is 20.5. The van der Waals surface area contributed by atoms with Gasteiger partial charge in [0.2, 0.25) is 0 Å². The number of hydrogen-bond donors (Lipinski definition) is 1. The fourth-order valence-electron chi connectivity index (χ4n) is 3.27. The fraction of sp³-hybridized carbons (Fsp3) is 0.292. The smallest absolute Gasteiger partial charge is 0.256 e. The number of carbonyl (C=O) groups excluding carboxylic acids is 2. The summed E-state index contributed by atoms with van der Waals surface area (Å²) in [5.74, 6) is 0.0272. The van der Waals surface area contributed by atoms with Crippen LogP contribution in [-0.2, 0) is 0 Å². The van der Waals surface area contributed by atoms with Crippen LogP contribution < -0.4 is 5.32 Å². The average molecular weight is 389 g/mol. The highest BCUT2D eigenvalue weighted by Crippen LogP contribution is 2.23. The lowest BCUT2D eigenvalue weighted by molar-refractivity contribution is 0.0773. The third-order valence-corrected chi connectivity index (χ3v) is 5.01. The van der Waals surface area contributed by atoms with E-state index in [1.165, 1.54) is 0 Å². The Bertz CT molecular complexity index is 1020. The van der Waals surface area contributed by atoms with Crippen LogP contribution in [0.2, 0.25) is 0 Å². The van der Waals surface area contributed by atoms with Crippen molar-refractivity contribution in [3.05, 3.63) is 71.4 Å². The van der Waals surface area contributed by atoms with Crippen LogP contribution in [0.3, 0.4) is 0 Å². The second kappa shape index (κ2) is 8.86. The number of para-hydroxylation sites is 1. The number of amides is 2. The van der Waals surface area contributed by atoms with Crippen LogP contribution in [0.4, 0.5) is 5.69 Å². The van der Waals surface area contributed by atoms with E-state index in [4.69, 9.17) is 0 Å². The van der Waals surface area contributed by atoms with Gasteiger partial charge in [-0.15, -0.1) is 0 Å². The van der Waals surface area contributed by atoms with E-state index in [2.05, 4.69) is 24.1 Å². The highest BCUT2D eigenvalue weighted by atomic mass is 16.2. The van der Waals surface area contributed by atoms with Crippen LogP contribution in [0.5, 0.6) is 0 Å². The predicted molar refractivity (Wildman–Crippen MR) is 117 cm³/mol. The Morgan fingerprint density at radius 3 is 2.28 bits per heavy atom. The van der Waals surface area contributed by atoms with E-state index in [9.17, 15) is 9.59 Å². The molecule has 3 aromatic rings. The molecule has 0 atom stereocenters. The number of fused-ring (bicyclic) bond motifs is 1. The molecule has 2 aromatic carbocycles. The number of pyridine rings is 1. The topological polar surface area (TPSA) is 62.3 Å². The molecule has 0 saturated carbocycles. The molecular weight excluding hydrogens is 362 g/mol. The molecule has 0 fully saturated rings. The predicted octanol–water partition coefficient (Wildman–Crippen LogP) is 5.09. The summed E-state index contributed by atoms with van der Waals surface area (Å²) in [4.78, 5) is 31.9. The first-order chi connectivity index (χ1) is 13.9. The van der Waals surface area contributed by atoms with Gasteiger partial charge in [-0.2, -0.15) is 0 Å². The van der Waals surface area contributed by atoms with Crippen molar-refractivity contribution in [2.24, 2.45) is 0 Å². The normalized spacial score (nSPS) is 10.9. The number of nitrogens with one attached hydrogen (secondary N) is 1. The molecule has 2 amide bonds. The van der Waals surface area contributed by atoms with E-state index >= 15 is 0 Å². The number of aromatic nitrogens is 1. The molecule has 1 aromatic heterocycles. The van der Waals surface area contributed by atoms with Gasteiger partial charge in [-0.05, 0) is 56.2 Å². The molecule has 3 rings (SSSR count). The minimum Gasteiger partial charge on any atom is -0.339 e. The van der Waals surface area contributed by atoms with Gasteiger partial charge in [-0.3, -0.25) is 14.6 Å². The van der Waals surface area contributed by atoms with Gasteiger partial charge in [-0.1, -0.05) is 32.0 Å². The summed E-state index contributed by atoms with van der Waals surface area (Å²) in [7, 11) is 0. The van der Waals surface area contributed by atoms with Crippen LogP contribution >= 0.6 is 0 Å². The second-order valence-corrected chi connectivity index (χ2v) is 7.28. The largest absolute Gasteiger partial charge is 0.339 e. The minimum absolute atomic E-state index is 0.00502. The van der Waals surface area contributed by atoms with Gasteiger partial charge in [0.25, 0.3) is 11.8 Å². The van der Waals surface area contributed by atoms with Crippen molar-refractivity contribution >= 4 is 28.4 Å². The molecule has 29 heavy (non-hydrogen) atoms. The summed E-state index contributed by atoms with van der Waals surface area (Å²) in [6, 6.07) is 16.6. The summed E-state index contributed by atoms with van der Waals surface area (Å²) in [6.07, 6.45) is 0. The highest BCUT2D eigenvalue weighted by molar-refractivity contribution is 6.12. The summed E-state index contributed by atoms with van der Waals surface area (Å²) in [5.41, 5.74) is 3.56. The van der Waals surface area contributed by atoms with E-state index in [0.717, 1.165) is 16.6 Å². The van der Waals surface area contributed by atoms with Crippen LogP contribution in [0.1, 0.15) is 60.0 Å². The van der Waals surface area contributed by atoms with E-state index in [1.54, 1.807) is 29.2 Å². The van der Waals surface area contributed by atoms with Crippen molar-refractivity contribution in [2.45, 2.75) is 33.6 Å². The number of hydrogen-bond acceptors (Lipinski definition) is 3. The number of anilines is 1. The fourth-order valence-corrected chi connectivity index (χ4v) is 3.27. The van der Waals surface area contributed by atoms with Crippen molar-refractivity contribution in [1.29, 1.82) is 0 Å². The van der Waals surface area contributed by atoms with E-state index in [0.29, 0.717) is 29.9 Å². The Morgan fingerprint density at radius 2 is 1.66 bits per heavy atom. The Labute approximate surface area is 171 Å². The molecule has 0 saturated heterocycles. The zero-order chi connectivity index (χ0) is 21.0. The van der Waals surface area contributed by atoms with Crippen molar-refractivity contribution in [3.63, 3.8) is 0 Å². The molecule has 5 nitrogen and oxygen atoms in total. The highest BCUT2D eigenvalue weighted by Gasteiger charge is 2.16. The quantitative estimate of drug-likeness (QED) is 0.638. The molecule has 0 unspecified atom stereocenters. The van der Waals surface area contributed by atoms with Gasteiger partial charge in [0.15, 0.2) is 0 Å². The third-order valence-electron chi connectivity index (χ3n) is 5.01. The van der Waals surface area contributed by atoms with E-state index < -0.39 is 0 Å². The van der Waals surface area contributed by atoms with Crippen molar-refractivity contribution in [2.75, 3.05) is 18.4 Å².